The van der Waals surface area contributed by atoms with Crippen LogP contribution in [0.5, 0.6) is 0 Å². The van der Waals surface area contributed by atoms with Crippen molar-refractivity contribution in [2.24, 2.45) is 5.41 Å². The average molecular weight is 266 g/mol. The van der Waals surface area contributed by atoms with E-state index in [0.29, 0.717) is 38.5 Å². The van der Waals surface area contributed by atoms with Gasteiger partial charge < -0.3 is 9.84 Å². The summed E-state index contributed by atoms with van der Waals surface area (Å²) < 4.78 is 7.21. The van der Waals surface area contributed by atoms with Crippen LogP contribution in [0.3, 0.4) is 0 Å². The minimum Gasteiger partial charge on any atom is -0.481 e. The van der Waals surface area contributed by atoms with Gasteiger partial charge in [-0.05, 0) is 32.3 Å². The van der Waals surface area contributed by atoms with E-state index in [2.05, 4.69) is 18.9 Å². The number of nitrogens with zero attached hydrogens (tertiary/aromatic N) is 2. The highest BCUT2D eigenvalue weighted by atomic mass is 16.5. The highest BCUT2D eigenvalue weighted by Crippen LogP contribution is 2.34. The fraction of sp³-hybridized carbons (Fsp3) is 0.714. The molecule has 0 spiro atoms. The van der Waals surface area contributed by atoms with Gasteiger partial charge in [0, 0.05) is 31.9 Å². The summed E-state index contributed by atoms with van der Waals surface area (Å²) in [5.74, 6) is -0.728. The van der Waals surface area contributed by atoms with E-state index < -0.39 is 11.4 Å². The van der Waals surface area contributed by atoms with Gasteiger partial charge in [-0.1, -0.05) is 6.92 Å². The summed E-state index contributed by atoms with van der Waals surface area (Å²) in [5, 5.41) is 14.0. The number of aliphatic carboxylic acids is 1. The largest absolute Gasteiger partial charge is 0.481 e. The molecular weight excluding hydrogens is 244 g/mol. The molecule has 5 nitrogen and oxygen atoms in total. The van der Waals surface area contributed by atoms with Crippen LogP contribution in [0.1, 0.15) is 44.8 Å². The van der Waals surface area contributed by atoms with Crippen LogP contribution in [0.15, 0.2) is 12.3 Å². The molecule has 1 unspecified atom stereocenters. The number of ether oxygens (including phenoxy) is 1. The molecule has 5 heteroatoms. The van der Waals surface area contributed by atoms with Gasteiger partial charge in [-0.2, -0.15) is 5.10 Å². The maximum atomic E-state index is 11.6. The van der Waals surface area contributed by atoms with Crippen LogP contribution in [0.25, 0.3) is 0 Å². The molecule has 1 aliphatic heterocycles. The Kier molecular flexibility index (Phi) is 4.24. The molecule has 106 valence electrons. The molecule has 0 bridgehead atoms. The van der Waals surface area contributed by atoms with Crippen LogP contribution in [0.2, 0.25) is 0 Å². The molecule has 0 radical (unpaired) electrons. The van der Waals surface area contributed by atoms with Gasteiger partial charge in [-0.3, -0.25) is 9.48 Å². The fourth-order valence-corrected chi connectivity index (χ4v) is 2.48. The summed E-state index contributed by atoms with van der Waals surface area (Å²) in [4.78, 5) is 11.6. The third-order valence-electron chi connectivity index (χ3n) is 4.13. The molecule has 1 fully saturated rings. The van der Waals surface area contributed by atoms with Crippen LogP contribution < -0.4 is 0 Å². The number of aromatic nitrogens is 2. The van der Waals surface area contributed by atoms with Gasteiger partial charge in [-0.15, -0.1) is 0 Å². The molecule has 1 saturated heterocycles. The van der Waals surface area contributed by atoms with Crippen molar-refractivity contribution in [1.29, 1.82) is 0 Å². The predicted molar refractivity (Wildman–Crippen MR) is 71.1 cm³/mol. The van der Waals surface area contributed by atoms with E-state index in [1.54, 1.807) is 0 Å². The van der Waals surface area contributed by atoms with Gasteiger partial charge in [0.25, 0.3) is 0 Å². The Balaban J connectivity index is 2.13. The number of hydrogen-bond donors (Lipinski definition) is 1. The van der Waals surface area contributed by atoms with E-state index >= 15 is 0 Å². The summed E-state index contributed by atoms with van der Waals surface area (Å²) in [5.41, 5.74) is 0.164. The molecule has 0 amide bonds. The minimum atomic E-state index is -0.728. The Bertz CT molecular complexity index is 436. The lowest BCUT2D eigenvalue weighted by atomic mass is 9.76. The summed E-state index contributed by atoms with van der Waals surface area (Å²) in [6, 6.07) is 2.29. The summed E-state index contributed by atoms with van der Waals surface area (Å²) in [6.45, 7) is 5.28. The predicted octanol–water partition coefficient (Wildman–Crippen LogP) is 2.28. The summed E-state index contributed by atoms with van der Waals surface area (Å²) >= 11 is 0. The van der Waals surface area contributed by atoms with Crippen LogP contribution in [-0.4, -0.2) is 34.1 Å². The highest BCUT2D eigenvalue weighted by molar-refractivity contribution is 5.75. The first-order valence-electron chi connectivity index (χ1n) is 6.92. The molecule has 19 heavy (non-hydrogen) atoms. The first-order valence-corrected chi connectivity index (χ1v) is 6.92. The monoisotopic (exact) mass is 266 g/mol. The zero-order chi connectivity index (χ0) is 13.9. The van der Waals surface area contributed by atoms with Crippen LogP contribution in [-0.2, 0) is 16.0 Å². The lowest BCUT2D eigenvalue weighted by Crippen LogP contribution is -2.39. The van der Waals surface area contributed by atoms with Crippen LogP contribution in [0.4, 0.5) is 0 Å². The maximum absolute atomic E-state index is 11.6. The smallest absolute Gasteiger partial charge is 0.310 e. The second kappa shape index (κ2) is 5.74. The van der Waals surface area contributed by atoms with E-state index in [9.17, 15) is 9.90 Å². The first kappa shape index (κ1) is 14.1. The Morgan fingerprint density at radius 3 is 2.84 bits per heavy atom. The van der Waals surface area contributed by atoms with E-state index in [0.717, 1.165) is 12.1 Å². The highest BCUT2D eigenvalue weighted by Gasteiger charge is 2.40. The normalized spacial score (nSPS) is 20.1. The van der Waals surface area contributed by atoms with Crippen molar-refractivity contribution in [1.82, 2.24) is 9.78 Å². The molecule has 2 heterocycles. The Labute approximate surface area is 113 Å². The van der Waals surface area contributed by atoms with Crippen LogP contribution >= 0.6 is 0 Å². The van der Waals surface area contributed by atoms with Crippen LogP contribution in [0, 0.1) is 5.41 Å². The second-order valence-electron chi connectivity index (χ2n) is 5.42. The molecule has 1 N–H and O–H groups in total. The first-order chi connectivity index (χ1) is 9.07. The maximum Gasteiger partial charge on any atom is 0.310 e. The van der Waals surface area contributed by atoms with Gasteiger partial charge in [0.2, 0.25) is 0 Å². The fourth-order valence-electron chi connectivity index (χ4n) is 2.48. The SMILES string of the molecule is CCC(C)n1ccc(CC2(C(=O)O)CCOCC2)n1. The van der Waals surface area contributed by atoms with E-state index in [1.165, 1.54) is 0 Å². The van der Waals surface area contributed by atoms with Gasteiger partial charge in [0.15, 0.2) is 0 Å². The average Bonchev–Trinajstić information content (AvgIpc) is 2.87. The third kappa shape index (κ3) is 2.97. The summed E-state index contributed by atoms with van der Waals surface area (Å²) in [6.07, 6.45) is 4.59. The summed E-state index contributed by atoms with van der Waals surface area (Å²) in [7, 11) is 0. The van der Waals surface area contributed by atoms with Gasteiger partial charge in [0.1, 0.15) is 0 Å². The minimum absolute atomic E-state index is 0.351. The molecule has 0 aliphatic carbocycles. The number of rotatable bonds is 5. The number of carbonyl (C=O) groups is 1. The lowest BCUT2D eigenvalue weighted by Gasteiger charge is -2.32. The molecule has 1 aliphatic rings. The molecule has 2 rings (SSSR count). The zero-order valence-electron chi connectivity index (χ0n) is 11.6. The molecule has 1 aromatic rings. The molecule has 1 aromatic heterocycles. The number of carboxylic acids is 1. The Morgan fingerprint density at radius 1 is 1.58 bits per heavy atom. The van der Waals surface area contributed by atoms with Crippen molar-refractivity contribution in [3.63, 3.8) is 0 Å². The third-order valence-corrected chi connectivity index (χ3v) is 4.13. The van der Waals surface area contributed by atoms with Gasteiger partial charge in [-0.25, -0.2) is 0 Å². The van der Waals surface area contributed by atoms with Crippen molar-refractivity contribution in [2.45, 2.75) is 45.6 Å². The molecule has 0 saturated carbocycles. The molecule has 1 atom stereocenters. The zero-order valence-corrected chi connectivity index (χ0v) is 11.6. The standard InChI is InChI=1S/C14H22N2O3/c1-3-11(2)16-7-4-12(15-16)10-14(13(17)18)5-8-19-9-6-14/h4,7,11H,3,5-6,8-10H2,1-2H3,(H,17,18). The molecular formula is C14H22N2O3. The topological polar surface area (TPSA) is 64.4 Å². The molecule has 0 aromatic carbocycles. The van der Waals surface area contributed by atoms with Crippen molar-refractivity contribution in [2.75, 3.05) is 13.2 Å². The van der Waals surface area contributed by atoms with E-state index in [-0.39, 0.29) is 0 Å². The van der Waals surface area contributed by atoms with Crippen molar-refractivity contribution in [3.8, 4) is 0 Å². The lowest BCUT2D eigenvalue weighted by molar-refractivity contribution is -0.154. The van der Waals surface area contributed by atoms with Crippen molar-refractivity contribution >= 4 is 5.97 Å². The van der Waals surface area contributed by atoms with Gasteiger partial charge in [0.05, 0.1) is 11.1 Å². The van der Waals surface area contributed by atoms with E-state index in [4.69, 9.17) is 4.74 Å². The van der Waals surface area contributed by atoms with Gasteiger partial charge >= 0.3 is 5.97 Å². The van der Waals surface area contributed by atoms with E-state index in [1.807, 2.05) is 16.9 Å². The second-order valence-corrected chi connectivity index (χ2v) is 5.42. The number of hydrogen-bond acceptors (Lipinski definition) is 3. The van der Waals surface area contributed by atoms with Crippen molar-refractivity contribution in [3.05, 3.63) is 18.0 Å². The quantitative estimate of drug-likeness (QED) is 0.888. The Hall–Kier alpha value is -1.36. The number of carboxylic acid groups (broad SMARTS) is 1. The van der Waals surface area contributed by atoms with Crippen molar-refractivity contribution < 1.29 is 14.6 Å². The Morgan fingerprint density at radius 2 is 2.26 bits per heavy atom.